The molecule has 0 spiro atoms. The van der Waals surface area contributed by atoms with Crippen molar-refractivity contribution < 1.29 is 14.3 Å². The number of amides is 2. The van der Waals surface area contributed by atoms with Gasteiger partial charge < -0.3 is 10.1 Å². The lowest BCUT2D eigenvalue weighted by Gasteiger charge is -2.17. The second-order valence-corrected chi connectivity index (χ2v) is 7.96. The molecule has 4 rings (SSSR count). The number of rotatable bonds is 6. The van der Waals surface area contributed by atoms with Gasteiger partial charge in [0.25, 0.3) is 11.8 Å². The largest absolute Gasteiger partial charge is 0.494 e. The van der Waals surface area contributed by atoms with Gasteiger partial charge in [0.2, 0.25) is 0 Å². The topological polar surface area (TPSA) is 58.6 Å². The zero-order chi connectivity index (χ0) is 22.8. The van der Waals surface area contributed by atoms with Gasteiger partial charge in [0.05, 0.1) is 22.9 Å². The van der Waals surface area contributed by atoms with Crippen LogP contribution in [-0.4, -0.2) is 18.4 Å². The predicted octanol–water partition coefficient (Wildman–Crippen LogP) is 5.75. The average Bonchev–Trinajstić information content (AvgIpc) is 3.01. The number of hydrogen-bond acceptors (Lipinski definition) is 4. The Bertz CT molecular complexity index is 1230. The quantitative estimate of drug-likeness (QED) is 0.489. The molecule has 1 heterocycles. The van der Waals surface area contributed by atoms with Crippen molar-refractivity contribution in [1.82, 2.24) is 0 Å². The van der Waals surface area contributed by atoms with E-state index in [1.165, 1.54) is 0 Å². The van der Waals surface area contributed by atoms with Crippen LogP contribution in [0.25, 0.3) is 5.57 Å². The van der Waals surface area contributed by atoms with Crippen LogP contribution in [0.1, 0.15) is 23.6 Å². The van der Waals surface area contributed by atoms with Crippen molar-refractivity contribution in [1.29, 1.82) is 0 Å². The first kappa shape index (κ1) is 21.7. The Kier molecular flexibility index (Phi) is 6.01. The van der Waals surface area contributed by atoms with E-state index in [2.05, 4.69) is 5.32 Å². The summed E-state index contributed by atoms with van der Waals surface area (Å²) in [5.74, 6) is -0.188. The van der Waals surface area contributed by atoms with Crippen molar-refractivity contribution in [2.75, 3.05) is 16.8 Å². The van der Waals surface area contributed by atoms with Crippen molar-refractivity contribution in [2.45, 2.75) is 20.8 Å². The van der Waals surface area contributed by atoms with Gasteiger partial charge >= 0.3 is 0 Å². The van der Waals surface area contributed by atoms with Crippen LogP contribution in [0.2, 0.25) is 5.02 Å². The third-order valence-electron chi connectivity index (χ3n) is 5.27. The van der Waals surface area contributed by atoms with E-state index < -0.39 is 11.8 Å². The molecule has 0 saturated carbocycles. The standard InChI is InChI=1S/C26H23ClN2O3/c1-4-32-19-12-10-18(11-13-19)23-24(28-21-14-9-16(2)15-17(21)3)26(31)29(25(23)30)22-8-6-5-7-20(22)27/h5-15,28H,4H2,1-3H3. The number of aryl methyl sites for hydroxylation is 2. The number of nitrogens with zero attached hydrogens (tertiary/aromatic N) is 1. The van der Waals surface area contributed by atoms with Gasteiger partial charge in [-0.3, -0.25) is 9.59 Å². The highest BCUT2D eigenvalue weighted by atomic mass is 35.5. The molecule has 0 saturated heterocycles. The van der Waals surface area contributed by atoms with E-state index in [0.717, 1.165) is 21.7 Å². The van der Waals surface area contributed by atoms with Crippen molar-refractivity contribution in [3.05, 3.63) is 94.1 Å². The summed E-state index contributed by atoms with van der Waals surface area (Å²) >= 11 is 6.33. The van der Waals surface area contributed by atoms with E-state index >= 15 is 0 Å². The molecule has 5 nitrogen and oxygen atoms in total. The second kappa shape index (κ2) is 8.89. The molecule has 0 aliphatic carbocycles. The van der Waals surface area contributed by atoms with E-state index in [4.69, 9.17) is 16.3 Å². The van der Waals surface area contributed by atoms with E-state index in [1.54, 1.807) is 48.5 Å². The van der Waals surface area contributed by atoms with Crippen LogP contribution in [0.4, 0.5) is 11.4 Å². The van der Waals surface area contributed by atoms with Crippen molar-refractivity contribution in [3.63, 3.8) is 0 Å². The number of anilines is 2. The van der Waals surface area contributed by atoms with Crippen LogP contribution in [0.15, 0.2) is 72.4 Å². The van der Waals surface area contributed by atoms with Gasteiger partial charge in [0, 0.05) is 5.69 Å². The lowest BCUT2D eigenvalue weighted by molar-refractivity contribution is -0.120. The van der Waals surface area contributed by atoms with E-state index in [-0.39, 0.29) is 11.3 Å². The fourth-order valence-electron chi connectivity index (χ4n) is 3.74. The number of ether oxygens (including phenoxy) is 1. The minimum Gasteiger partial charge on any atom is -0.494 e. The molecule has 6 heteroatoms. The molecule has 3 aromatic rings. The highest BCUT2D eigenvalue weighted by Gasteiger charge is 2.41. The van der Waals surface area contributed by atoms with Gasteiger partial charge in [-0.2, -0.15) is 0 Å². The number of carbonyl (C=O) groups is 2. The summed E-state index contributed by atoms with van der Waals surface area (Å²) in [6.45, 7) is 6.41. The number of benzene rings is 3. The normalized spacial score (nSPS) is 13.7. The summed E-state index contributed by atoms with van der Waals surface area (Å²) in [6.07, 6.45) is 0. The maximum absolute atomic E-state index is 13.5. The van der Waals surface area contributed by atoms with Crippen LogP contribution in [0.3, 0.4) is 0 Å². The van der Waals surface area contributed by atoms with Crippen LogP contribution in [0, 0.1) is 13.8 Å². The molecule has 0 atom stereocenters. The van der Waals surface area contributed by atoms with Gasteiger partial charge in [-0.05, 0) is 62.2 Å². The average molecular weight is 447 g/mol. The van der Waals surface area contributed by atoms with E-state index in [9.17, 15) is 9.59 Å². The maximum atomic E-state index is 13.5. The molecule has 2 amide bonds. The van der Waals surface area contributed by atoms with Crippen molar-refractivity contribution in [2.24, 2.45) is 0 Å². The molecule has 0 radical (unpaired) electrons. The fourth-order valence-corrected chi connectivity index (χ4v) is 3.96. The van der Waals surface area contributed by atoms with Gasteiger partial charge in [-0.15, -0.1) is 0 Å². The lowest BCUT2D eigenvalue weighted by Crippen LogP contribution is -2.32. The Morgan fingerprint density at radius 3 is 2.31 bits per heavy atom. The van der Waals surface area contributed by atoms with Gasteiger partial charge in [-0.25, -0.2) is 4.90 Å². The molecule has 0 fully saturated rings. The highest BCUT2D eigenvalue weighted by Crippen LogP contribution is 2.37. The van der Waals surface area contributed by atoms with Crippen LogP contribution in [-0.2, 0) is 9.59 Å². The monoisotopic (exact) mass is 446 g/mol. The third kappa shape index (κ3) is 3.99. The second-order valence-electron chi connectivity index (χ2n) is 7.55. The summed E-state index contributed by atoms with van der Waals surface area (Å²) in [5.41, 5.74) is 4.32. The van der Waals surface area contributed by atoms with E-state index in [1.807, 2.05) is 39.0 Å². The first-order chi connectivity index (χ1) is 15.4. The molecule has 1 aliphatic heterocycles. The Morgan fingerprint density at radius 2 is 1.66 bits per heavy atom. The Morgan fingerprint density at radius 1 is 0.938 bits per heavy atom. The fraction of sp³-hybridized carbons (Fsp3) is 0.154. The van der Waals surface area contributed by atoms with Crippen LogP contribution >= 0.6 is 11.6 Å². The number of imide groups is 1. The molecule has 0 aromatic heterocycles. The predicted molar refractivity (Wildman–Crippen MR) is 128 cm³/mol. The molecule has 162 valence electrons. The van der Waals surface area contributed by atoms with Gasteiger partial charge in [0.15, 0.2) is 0 Å². The summed E-state index contributed by atoms with van der Waals surface area (Å²) in [4.78, 5) is 28.2. The van der Waals surface area contributed by atoms with E-state index in [0.29, 0.717) is 28.6 Å². The molecule has 0 unspecified atom stereocenters. The summed E-state index contributed by atoms with van der Waals surface area (Å²) in [6, 6.07) is 19.8. The summed E-state index contributed by atoms with van der Waals surface area (Å²) in [7, 11) is 0. The minimum atomic E-state index is -0.452. The zero-order valence-electron chi connectivity index (χ0n) is 18.1. The Labute approximate surface area is 192 Å². The lowest BCUT2D eigenvalue weighted by atomic mass is 10.0. The molecule has 32 heavy (non-hydrogen) atoms. The van der Waals surface area contributed by atoms with Crippen molar-refractivity contribution >= 4 is 40.4 Å². The maximum Gasteiger partial charge on any atom is 0.282 e. The summed E-state index contributed by atoms with van der Waals surface area (Å²) < 4.78 is 5.52. The Balaban J connectivity index is 1.83. The first-order valence-electron chi connectivity index (χ1n) is 10.4. The smallest absolute Gasteiger partial charge is 0.282 e. The Hall–Kier alpha value is -3.57. The highest BCUT2D eigenvalue weighted by molar-refractivity contribution is 6.48. The minimum absolute atomic E-state index is 0.214. The molecular weight excluding hydrogens is 424 g/mol. The number of para-hydroxylation sites is 1. The molecular formula is C26H23ClN2O3. The number of hydrogen-bond donors (Lipinski definition) is 1. The SMILES string of the molecule is CCOc1ccc(C2=C(Nc3ccc(C)cc3C)C(=O)N(c3ccccc3Cl)C2=O)cc1. The first-order valence-corrected chi connectivity index (χ1v) is 10.7. The number of carbonyl (C=O) groups excluding carboxylic acids is 2. The number of halogens is 1. The van der Waals surface area contributed by atoms with Gasteiger partial charge in [0.1, 0.15) is 11.4 Å². The van der Waals surface area contributed by atoms with Crippen molar-refractivity contribution in [3.8, 4) is 5.75 Å². The molecule has 0 bridgehead atoms. The zero-order valence-corrected chi connectivity index (χ0v) is 18.9. The molecule has 3 aromatic carbocycles. The van der Waals surface area contributed by atoms with Crippen LogP contribution < -0.4 is 15.0 Å². The van der Waals surface area contributed by atoms with Crippen LogP contribution in [0.5, 0.6) is 5.75 Å². The summed E-state index contributed by atoms with van der Waals surface area (Å²) in [5, 5.41) is 3.54. The number of nitrogens with one attached hydrogen (secondary N) is 1. The molecule has 1 aliphatic rings. The molecule has 1 N–H and O–H groups in total. The third-order valence-corrected chi connectivity index (χ3v) is 5.59. The van der Waals surface area contributed by atoms with Gasteiger partial charge in [-0.1, -0.05) is 53.6 Å².